The van der Waals surface area contributed by atoms with Crippen LogP contribution in [0.2, 0.25) is 5.28 Å². The fourth-order valence-electron chi connectivity index (χ4n) is 1.44. The molecule has 0 aromatic carbocycles. The molecule has 1 heterocycles. The Balaban J connectivity index is 2.51. The zero-order valence-electron chi connectivity index (χ0n) is 11.1. The van der Waals surface area contributed by atoms with Crippen molar-refractivity contribution in [3.05, 3.63) is 5.28 Å². The van der Waals surface area contributed by atoms with Crippen molar-refractivity contribution in [2.24, 2.45) is 0 Å². The minimum Gasteiger partial charge on any atom is -0.462 e. The Hall–Kier alpha value is -1.14. The SMILES string of the molecule is CCNc1nc(Cl)nc(OCCN(CC)CC)n1. The highest BCUT2D eigenvalue weighted by Gasteiger charge is 2.06. The van der Waals surface area contributed by atoms with Gasteiger partial charge in [0.25, 0.3) is 0 Å². The number of anilines is 1. The highest BCUT2D eigenvalue weighted by atomic mass is 35.5. The van der Waals surface area contributed by atoms with E-state index in [4.69, 9.17) is 16.3 Å². The molecule has 0 saturated carbocycles. The maximum atomic E-state index is 5.79. The Morgan fingerprint density at radius 2 is 1.89 bits per heavy atom. The number of hydrogen-bond acceptors (Lipinski definition) is 6. The summed E-state index contributed by atoms with van der Waals surface area (Å²) in [5.74, 6) is 0.440. The minimum atomic E-state index is 0.138. The van der Waals surface area contributed by atoms with Gasteiger partial charge in [0.05, 0.1) is 0 Å². The molecule has 6 nitrogen and oxygen atoms in total. The van der Waals surface area contributed by atoms with Crippen LogP contribution >= 0.6 is 11.6 Å². The molecule has 0 saturated heterocycles. The summed E-state index contributed by atoms with van der Waals surface area (Å²) in [6.45, 7) is 10.3. The van der Waals surface area contributed by atoms with Crippen LogP contribution in [0.25, 0.3) is 0 Å². The summed E-state index contributed by atoms with van der Waals surface area (Å²) < 4.78 is 5.48. The van der Waals surface area contributed by atoms with Crippen LogP contribution in [0.5, 0.6) is 6.01 Å². The van der Waals surface area contributed by atoms with E-state index in [-0.39, 0.29) is 11.3 Å². The lowest BCUT2D eigenvalue weighted by atomic mass is 10.5. The maximum Gasteiger partial charge on any atom is 0.322 e. The highest BCUT2D eigenvalue weighted by Crippen LogP contribution is 2.10. The zero-order valence-corrected chi connectivity index (χ0v) is 11.9. The largest absolute Gasteiger partial charge is 0.462 e. The van der Waals surface area contributed by atoms with E-state index >= 15 is 0 Å². The fourth-order valence-corrected chi connectivity index (χ4v) is 1.59. The quantitative estimate of drug-likeness (QED) is 0.777. The van der Waals surface area contributed by atoms with E-state index < -0.39 is 0 Å². The number of nitrogens with zero attached hydrogens (tertiary/aromatic N) is 4. The highest BCUT2D eigenvalue weighted by molar-refractivity contribution is 6.28. The number of hydrogen-bond donors (Lipinski definition) is 1. The van der Waals surface area contributed by atoms with E-state index in [1.54, 1.807) is 0 Å². The fraction of sp³-hybridized carbons (Fsp3) is 0.727. The van der Waals surface area contributed by atoms with Crippen molar-refractivity contribution < 1.29 is 4.74 Å². The van der Waals surface area contributed by atoms with Crippen molar-refractivity contribution >= 4 is 17.5 Å². The van der Waals surface area contributed by atoms with E-state index in [9.17, 15) is 0 Å². The number of likely N-dealkylation sites (N-methyl/N-ethyl adjacent to an activating group) is 1. The van der Waals surface area contributed by atoms with Gasteiger partial charge in [-0.25, -0.2) is 0 Å². The standard InChI is InChI=1S/C11H20ClN5O/c1-4-13-10-14-9(12)15-11(16-10)18-8-7-17(5-2)6-3/h4-8H2,1-3H3,(H,13,14,15,16). The average Bonchev–Trinajstić information content (AvgIpc) is 2.34. The van der Waals surface area contributed by atoms with E-state index in [0.29, 0.717) is 12.6 Å². The average molecular weight is 274 g/mol. The number of rotatable bonds is 8. The van der Waals surface area contributed by atoms with Gasteiger partial charge in [0, 0.05) is 13.1 Å². The molecule has 18 heavy (non-hydrogen) atoms. The van der Waals surface area contributed by atoms with E-state index in [0.717, 1.165) is 26.2 Å². The van der Waals surface area contributed by atoms with E-state index in [2.05, 4.69) is 39.0 Å². The first-order chi connectivity index (χ1) is 8.69. The molecule has 1 rings (SSSR count). The Morgan fingerprint density at radius 3 is 2.50 bits per heavy atom. The van der Waals surface area contributed by atoms with Crippen molar-refractivity contribution in [1.82, 2.24) is 19.9 Å². The second-order valence-electron chi connectivity index (χ2n) is 3.62. The molecule has 0 aliphatic rings. The van der Waals surface area contributed by atoms with Gasteiger partial charge in [0.15, 0.2) is 0 Å². The molecule has 1 aromatic rings. The summed E-state index contributed by atoms with van der Waals surface area (Å²) in [5.41, 5.74) is 0. The first-order valence-electron chi connectivity index (χ1n) is 6.20. The topological polar surface area (TPSA) is 63.2 Å². The Bertz CT molecular complexity index is 359. The molecule has 0 aliphatic carbocycles. The Labute approximate surface area is 113 Å². The molecule has 0 bridgehead atoms. The van der Waals surface area contributed by atoms with Gasteiger partial charge in [-0.15, -0.1) is 0 Å². The van der Waals surface area contributed by atoms with Crippen LogP contribution in [-0.2, 0) is 0 Å². The summed E-state index contributed by atoms with van der Waals surface area (Å²) in [6, 6.07) is 0.262. The van der Waals surface area contributed by atoms with Crippen molar-refractivity contribution in [3.63, 3.8) is 0 Å². The van der Waals surface area contributed by atoms with Crippen LogP contribution < -0.4 is 10.1 Å². The third-order valence-corrected chi connectivity index (χ3v) is 2.62. The van der Waals surface area contributed by atoms with Gasteiger partial charge in [-0.05, 0) is 31.6 Å². The van der Waals surface area contributed by atoms with Gasteiger partial charge in [0.1, 0.15) is 6.61 Å². The molecular formula is C11H20ClN5O. The van der Waals surface area contributed by atoms with Crippen LogP contribution in [0, 0.1) is 0 Å². The van der Waals surface area contributed by atoms with Gasteiger partial charge >= 0.3 is 6.01 Å². The molecule has 0 radical (unpaired) electrons. The number of ether oxygens (including phenoxy) is 1. The van der Waals surface area contributed by atoms with Gasteiger partial charge in [-0.2, -0.15) is 15.0 Å². The summed E-state index contributed by atoms with van der Waals surface area (Å²) >= 11 is 5.79. The number of aromatic nitrogens is 3. The number of halogens is 1. The first kappa shape index (κ1) is 14.9. The summed E-state index contributed by atoms with van der Waals surface area (Å²) in [5, 5.41) is 3.11. The maximum absolute atomic E-state index is 5.79. The second-order valence-corrected chi connectivity index (χ2v) is 3.95. The molecule has 7 heteroatoms. The zero-order chi connectivity index (χ0) is 13.4. The molecule has 1 aromatic heterocycles. The third-order valence-electron chi connectivity index (χ3n) is 2.46. The van der Waals surface area contributed by atoms with Crippen LogP contribution in [-0.4, -0.2) is 52.6 Å². The molecule has 0 aliphatic heterocycles. The van der Waals surface area contributed by atoms with Gasteiger partial charge in [0.2, 0.25) is 11.2 Å². The Kier molecular flexibility index (Phi) is 6.67. The van der Waals surface area contributed by atoms with Crippen LogP contribution in [0.1, 0.15) is 20.8 Å². The predicted octanol–water partition coefficient (Wildman–Crippen LogP) is 1.68. The molecule has 102 valence electrons. The molecule has 0 atom stereocenters. The molecular weight excluding hydrogens is 254 g/mol. The van der Waals surface area contributed by atoms with Crippen molar-refractivity contribution in [1.29, 1.82) is 0 Å². The second kappa shape index (κ2) is 8.05. The van der Waals surface area contributed by atoms with Crippen molar-refractivity contribution in [3.8, 4) is 6.01 Å². The lowest BCUT2D eigenvalue weighted by molar-refractivity contribution is 0.212. The molecule has 0 unspecified atom stereocenters. The van der Waals surface area contributed by atoms with Crippen LogP contribution in [0.4, 0.5) is 5.95 Å². The van der Waals surface area contributed by atoms with Gasteiger partial charge < -0.3 is 15.0 Å². The van der Waals surface area contributed by atoms with E-state index in [1.807, 2.05) is 6.92 Å². The summed E-state index contributed by atoms with van der Waals surface area (Å²) in [4.78, 5) is 14.2. The number of nitrogens with one attached hydrogen (secondary N) is 1. The lowest BCUT2D eigenvalue weighted by Crippen LogP contribution is -2.28. The van der Waals surface area contributed by atoms with Gasteiger partial charge in [-0.3, -0.25) is 0 Å². The van der Waals surface area contributed by atoms with Crippen molar-refractivity contribution in [2.75, 3.05) is 38.1 Å². The molecule has 0 spiro atoms. The van der Waals surface area contributed by atoms with E-state index in [1.165, 1.54) is 0 Å². The molecule has 1 N–H and O–H groups in total. The predicted molar refractivity (Wildman–Crippen MR) is 72.3 cm³/mol. The monoisotopic (exact) mass is 273 g/mol. The van der Waals surface area contributed by atoms with Crippen LogP contribution in [0.3, 0.4) is 0 Å². The van der Waals surface area contributed by atoms with Gasteiger partial charge in [-0.1, -0.05) is 13.8 Å². The minimum absolute atomic E-state index is 0.138. The normalized spacial score (nSPS) is 10.7. The third kappa shape index (κ3) is 5.01. The van der Waals surface area contributed by atoms with Crippen molar-refractivity contribution in [2.45, 2.75) is 20.8 Å². The summed E-state index contributed by atoms with van der Waals surface area (Å²) in [6.07, 6.45) is 0. The smallest absolute Gasteiger partial charge is 0.322 e. The Morgan fingerprint density at radius 1 is 1.17 bits per heavy atom. The summed E-state index contributed by atoms with van der Waals surface area (Å²) in [7, 11) is 0. The van der Waals surface area contributed by atoms with Crippen LogP contribution in [0.15, 0.2) is 0 Å². The molecule has 0 amide bonds. The lowest BCUT2D eigenvalue weighted by Gasteiger charge is -2.17. The molecule has 0 fully saturated rings. The first-order valence-corrected chi connectivity index (χ1v) is 6.57.